The van der Waals surface area contributed by atoms with E-state index in [1.54, 1.807) is 16.2 Å². The number of aromatic nitrogens is 2. The van der Waals surface area contributed by atoms with Gasteiger partial charge in [-0.05, 0) is 18.9 Å². The average Bonchev–Trinajstić information content (AvgIpc) is 3.08. The predicted molar refractivity (Wildman–Crippen MR) is 79.6 cm³/mol. The zero-order chi connectivity index (χ0) is 13.7. The number of carbonyl (C=O) groups is 1. The fourth-order valence-electron chi connectivity index (χ4n) is 2.65. The molecule has 1 saturated heterocycles. The van der Waals surface area contributed by atoms with E-state index in [1.807, 2.05) is 22.0 Å². The van der Waals surface area contributed by atoms with E-state index in [0.29, 0.717) is 11.4 Å². The molecule has 20 heavy (non-hydrogen) atoms. The van der Waals surface area contributed by atoms with Gasteiger partial charge in [0.15, 0.2) is 4.96 Å². The van der Waals surface area contributed by atoms with Crippen molar-refractivity contribution in [1.29, 1.82) is 0 Å². The van der Waals surface area contributed by atoms with Gasteiger partial charge in [-0.15, -0.1) is 22.7 Å². The standard InChI is InChI=1S/C13H13N3O2S2/c17-8-2-1-3-15(7-8)12(18)10-6-9-11(20-10)14-13-16(9)4-5-19-13/h4-6,8,17H,1-3,7H2/t8-/m0/s1. The average molecular weight is 307 g/mol. The minimum Gasteiger partial charge on any atom is -0.391 e. The second kappa shape index (κ2) is 4.54. The van der Waals surface area contributed by atoms with Crippen molar-refractivity contribution in [3.8, 4) is 0 Å². The quantitative estimate of drug-likeness (QED) is 0.750. The Morgan fingerprint density at radius 1 is 1.50 bits per heavy atom. The maximum absolute atomic E-state index is 12.5. The molecule has 1 amide bonds. The summed E-state index contributed by atoms with van der Waals surface area (Å²) in [6.45, 7) is 1.17. The molecule has 7 heteroatoms. The molecule has 1 N–H and O–H groups in total. The van der Waals surface area contributed by atoms with Gasteiger partial charge in [-0.25, -0.2) is 4.98 Å². The second-order valence-electron chi connectivity index (χ2n) is 5.02. The van der Waals surface area contributed by atoms with Crippen molar-refractivity contribution in [2.75, 3.05) is 13.1 Å². The van der Waals surface area contributed by atoms with E-state index in [2.05, 4.69) is 4.98 Å². The minimum atomic E-state index is -0.387. The first kappa shape index (κ1) is 12.3. The molecule has 3 aromatic heterocycles. The van der Waals surface area contributed by atoms with Crippen molar-refractivity contribution >= 4 is 43.9 Å². The molecular formula is C13H13N3O2S2. The van der Waals surface area contributed by atoms with Crippen molar-refractivity contribution in [1.82, 2.24) is 14.3 Å². The van der Waals surface area contributed by atoms with Gasteiger partial charge in [0.1, 0.15) is 4.83 Å². The van der Waals surface area contributed by atoms with E-state index in [9.17, 15) is 9.90 Å². The highest BCUT2D eigenvalue weighted by atomic mass is 32.1. The summed E-state index contributed by atoms with van der Waals surface area (Å²) in [6.07, 6.45) is 3.24. The van der Waals surface area contributed by atoms with Crippen molar-refractivity contribution in [2.45, 2.75) is 18.9 Å². The van der Waals surface area contributed by atoms with Crippen molar-refractivity contribution in [3.05, 3.63) is 22.5 Å². The molecule has 1 aliphatic heterocycles. The smallest absolute Gasteiger partial charge is 0.264 e. The predicted octanol–water partition coefficient (Wildman–Crippen LogP) is 2.21. The number of thiazole rings is 1. The minimum absolute atomic E-state index is 0.00993. The first-order valence-electron chi connectivity index (χ1n) is 6.55. The van der Waals surface area contributed by atoms with E-state index >= 15 is 0 Å². The third-order valence-corrected chi connectivity index (χ3v) is 5.40. The fraction of sp³-hybridized carbons (Fsp3) is 0.385. The zero-order valence-corrected chi connectivity index (χ0v) is 12.3. The van der Waals surface area contributed by atoms with Crippen molar-refractivity contribution in [3.63, 3.8) is 0 Å². The molecule has 0 unspecified atom stereocenters. The molecule has 104 valence electrons. The van der Waals surface area contributed by atoms with Gasteiger partial charge < -0.3 is 10.0 Å². The van der Waals surface area contributed by atoms with Crippen LogP contribution in [0.3, 0.4) is 0 Å². The molecule has 0 saturated carbocycles. The molecule has 0 spiro atoms. The van der Waals surface area contributed by atoms with E-state index < -0.39 is 0 Å². The lowest BCUT2D eigenvalue weighted by Crippen LogP contribution is -2.41. The van der Waals surface area contributed by atoms with Gasteiger partial charge in [0.25, 0.3) is 5.91 Å². The number of amides is 1. The van der Waals surface area contributed by atoms with Crippen LogP contribution in [0.15, 0.2) is 17.6 Å². The summed E-state index contributed by atoms with van der Waals surface area (Å²) in [7, 11) is 0. The van der Waals surface area contributed by atoms with Crippen molar-refractivity contribution < 1.29 is 9.90 Å². The maximum atomic E-state index is 12.5. The van der Waals surface area contributed by atoms with Crippen LogP contribution in [0.5, 0.6) is 0 Å². The number of thiophene rings is 1. The summed E-state index contributed by atoms with van der Waals surface area (Å²) in [5.74, 6) is 0.00993. The van der Waals surface area contributed by atoms with Gasteiger partial charge in [-0.3, -0.25) is 9.20 Å². The Balaban J connectivity index is 1.70. The van der Waals surface area contributed by atoms with Crippen LogP contribution >= 0.6 is 22.7 Å². The van der Waals surface area contributed by atoms with E-state index in [1.165, 1.54) is 11.3 Å². The Labute approximate surface area is 123 Å². The second-order valence-corrected chi connectivity index (χ2v) is 6.92. The monoisotopic (exact) mass is 307 g/mol. The summed E-state index contributed by atoms with van der Waals surface area (Å²) >= 11 is 3.02. The molecule has 0 radical (unpaired) electrons. The Morgan fingerprint density at radius 3 is 3.25 bits per heavy atom. The Morgan fingerprint density at radius 2 is 2.40 bits per heavy atom. The van der Waals surface area contributed by atoms with Crippen LogP contribution in [0, 0.1) is 0 Å². The highest BCUT2D eigenvalue weighted by Crippen LogP contribution is 2.29. The number of nitrogens with zero attached hydrogens (tertiary/aromatic N) is 3. The normalized spacial score (nSPS) is 20.1. The van der Waals surface area contributed by atoms with Gasteiger partial charge in [-0.2, -0.15) is 0 Å². The van der Waals surface area contributed by atoms with E-state index in [4.69, 9.17) is 0 Å². The topological polar surface area (TPSA) is 57.8 Å². The summed E-state index contributed by atoms with van der Waals surface area (Å²) in [6, 6.07) is 1.91. The fourth-order valence-corrected chi connectivity index (χ4v) is 4.42. The summed E-state index contributed by atoms with van der Waals surface area (Å²) in [5.41, 5.74) is 0.993. The molecule has 3 aromatic rings. The van der Waals surface area contributed by atoms with Crippen molar-refractivity contribution in [2.24, 2.45) is 0 Å². The van der Waals surface area contributed by atoms with Crippen LogP contribution in [0.4, 0.5) is 0 Å². The lowest BCUT2D eigenvalue weighted by molar-refractivity contribution is 0.0478. The van der Waals surface area contributed by atoms with Gasteiger partial charge in [-0.1, -0.05) is 0 Å². The van der Waals surface area contributed by atoms with E-state index in [-0.39, 0.29) is 12.0 Å². The molecule has 4 heterocycles. The maximum Gasteiger partial charge on any atom is 0.264 e. The number of hydrogen-bond acceptors (Lipinski definition) is 5. The van der Waals surface area contributed by atoms with Gasteiger partial charge >= 0.3 is 0 Å². The lowest BCUT2D eigenvalue weighted by atomic mass is 10.1. The molecule has 1 aliphatic rings. The summed E-state index contributed by atoms with van der Waals surface area (Å²) < 4.78 is 2.01. The molecule has 1 fully saturated rings. The zero-order valence-electron chi connectivity index (χ0n) is 10.7. The highest BCUT2D eigenvalue weighted by molar-refractivity contribution is 7.21. The molecule has 0 aromatic carbocycles. The summed E-state index contributed by atoms with van der Waals surface area (Å²) in [4.78, 5) is 21.3. The SMILES string of the molecule is O=C(c1cc2c(nc3sccn32)s1)N1CCC[C@H](O)C1. The number of carbonyl (C=O) groups excluding carboxylic acids is 1. The van der Waals surface area contributed by atoms with Gasteiger partial charge in [0.05, 0.1) is 16.5 Å². The lowest BCUT2D eigenvalue weighted by Gasteiger charge is -2.29. The Kier molecular flexibility index (Phi) is 2.80. The van der Waals surface area contributed by atoms with Gasteiger partial charge in [0.2, 0.25) is 0 Å². The highest BCUT2D eigenvalue weighted by Gasteiger charge is 2.25. The number of rotatable bonds is 1. The van der Waals surface area contributed by atoms with Crippen LogP contribution in [-0.4, -0.2) is 44.5 Å². The molecule has 0 aliphatic carbocycles. The van der Waals surface area contributed by atoms with Crippen LogP contribution < -0.4 is 0 Å². The number of likely N-dealkylation sites (tertiary alicyclic amines) is 1. The van der Waals surface area contributed by atoms with E-state index in [0.717, 1.165) is 34.7 Å². The van der Waals surface area contributed by atoms with Crippen LogP contribution in [-0.2, 0) is 0 Å². The number of β-amino-alcohol motifs (C(OH)–C–C–N with tert-alkyl or cyclic N) is 1. The number of aliphatic hydroxyl groups is 1. The molecule has 1 atom stereocenters. The molecular weight excluding hydrogens is 294 g/mol. The third kappa shape index (κ3) is 1.85. The summed E-state index contributed by atoms with van der Waals surface area (Å²) in [5, 5.41) is 11.7. The largest absolute Gasteiger partial charge is 0.391 e. The molecule has 5 nitrogen and oxygen atoms in total. The Bertz CT molecular complexity index is 788. The number of imidazole rings is 1. The first-order valence-corrected chi connectivity index (χ1v) is 8.24. The number of hydrogen-bond donors (Lipinski definition) is 1. The van der Waals surface area contributed by atoms with Crippen LogP contribution in [0.25, 0.3) is 15.3 Å². The number of piperidine rings is 1. The Hall–Kier alpha value is -1.44. The van der Waals surface area contributed by atoms with Gasteiger partial charge in [0, 0.05) is 24.7 Å². The van der Waals surface area contributed by atoms with Crippen LogP contribution in [0.1, 0.15) is 22.5 Å². The molecule has 4 rings (SSSR count). The molecule has 0 bridgehead atoms. The van der Waals surface area contributed by atoms with Crippen LogP contribution in [0.2, 0.25) is 0 Å². The number of aliphatic hydroxyl groups excluding tert-OH is 1. The third-order valence-electron chi connectivity index (χ3n) is 3.63. The number of fused-ring (bicyclic) bond motifs is 3. The first-order chi connectivity index (χ1) is 9.72.